The van der Waals surface area contributed by atoms with Crippen LogP contribution in [0.15, 0.2) is 117 Å². The molecule has 0 aliphatic carbocycles. The number of rotatable bonds is 16. The first-order chi connectivity index (χ1) is 56.4. The SMILES string of the molecule is C1CCOC1.C1CCOC1.C1CCOC1.C1CCOC1.C1CCOC1.C1CCOC1.C1CCOC1.C1CCOC1.C1CCOC1.C1CCOC1.CC(C)c1cccc(C(C)C)c1N=Cc1ccc(C=Nc2c(C(C)C)cccc2C(C)C)[n-]1.CC(C)c1cccc(C(C)C)c1N=Cc1ccc(C=Nc2c(C(C)C)cccc2C(C)C)[n-]1.[Ba+2].[Ba+2].[I-].[I-]. The summed E-state index contributed by atoms with van der Waals surface area (Å²) in [6.07, 6.45) is 33.1. The van der Waals surface area contributed by atoms with Crippen LogP contribution < -0.4 is 57.9 Å². The molecule has 664 valence electrons. The Kier molecular flexibility index (Phi) is 71.9. The number of nitrogens with zero attached hydrogens (tertiary/aromatic N) is 6. The first-order valence-corrected chi connectivity index (χ1v) is 45.1. The number of hydrogen-bond donors (Lipinski definition) is 0. The maximum absolute atomic E-state index is 4.94. The fourth-order valence-electron chi connectivity index (χ4n) is 13.3. The summed E-state index contributed by atoms with van der Waals surface area (Å²) >= 11 is 0. The standard InChI is InChI=1S/2C30H38N3.10C4H8O.2Ba.2HI/c2*1-19(2)25-11-9-12-26(20(3)4)29(25)31-17-23-15-16-24(33-23)18-32-30-27(21(5)6)13-10-14-28(30)22(7)8;10*1-2-4-5-3-1;;;;/h2*9-22H,1-8H3;10*1-4H2;;;2*1H/q2*-1;;;;;;;;;;;2*+2;;/p-2. The molecule has 0 unspecified atom stereocenters. The van der Waals surface area contributed by atoms with E-state index in [2.05, 4.69) is 184 Å². The van der Waals surface area contributed by atoms with Crippen molar-refractivity contribution in [2.75, 3.05) is 132 Å². The van der Waals surface area contributed by atoms with Crippen LogP contribution in [-0.2, 0) is 47.4 Å². The van der Waals surface area contributed by atoms with Crippen LogP contribution in [0.3, 0.4) is 0 Å². The van der Waals surface area contributed by atoms with Crippen LogP contribution in [0, 0.1) is 0 Å². The molecule has 0 bridgehead atoms. The first kappa shape index (κ1) is 116. The molecule has 12 heterocycles. The predicted octanol–water partition coefficient (Wildman–Crippen LogP) is 18.5. The van der Waals surface area contributed by atoms with Gasteiger partial charge in [-0.15, -0.1) is 22.8 Å². The van der Waals surface area contributed by atoms with Gasteiger partial charge in [0.1, 0.15) is 0 Å². The van der Waals surface area contributed by atoms with Gasteiger partial charge in [0.2, 0.25) is 0 Å². The van der Waals surface area contributed by atoms with Gasteiger partial charge in [-0.05, 0) is 220 Å². The monoisotopic (exact) mass is 2130 g/mol. The Morgan fingerprint density at radius 1 is 0.200 bits per heavy atom. The molecule has 10 saturated heterocycles. The molecule has 0 saturated carbocycles. The summed E-state index contributed by atoms with van der Waals surface area (Å²) in [5.41, 5.74) is 17.9. The number of hydrogen-bond acceptors (Lipinski definition) is 14. The zero-order chi connectivity index (χ0) is 83.6. The van der Waals surface area contributed by atoms with Crippen LogP contribution in [0.1, 0.15) is 354 Å². The third kappa shape index (κ3) is 50.9. The predicted molar refractivity (Wildman–Crippen MR) is 499 cm³/mol. The van der Waals surface area contributed by atoms with E-state index in [9.17, 15) is 0 Å². The van der Waals surface area contributed by atoms with Crippen LogP contribution in [-0.4, -0.2) is 255 Å². The average molecular weight is 2130 g/mol. The Morgan fingerprint density at radius 2 is 0.308 bits per heavy atom. The molecule has 16 rings (SSSR count). The molecule has 4 aromatic carbocycles. The normalized spacial score (nSPS) is 16.9. The molecular weight excluding hydrogens is 1970 g/mol. The van der Waals surface area contributed by atoms with E-state index < -0.39 is 0 Å². The minimum absolute atomic E-state index is 0. The van der Waals surface area contributed by atoms with Gasteiger partial charge in [-0.3, -0.25) is 20.0 Å². The van der Waals surface area contributed by atoms with Gasteiger partial charge in [0.15, 0.2) is 0 Å². The van der Waals surface area contributed by atoms with Gasteiger partial charge in [-0.1, -0.05) is 208 Å². The van der Waals surface area contributed by atoms with Crippen molar-refractivity contribution < 1.29 is 95.3 Å². The van der Waals surface area contributed by atoms with Crippen molar-refractivity contribution in [2.45, 2.75) is 287 Å². The van der Waals surface area contributed by atoms with Crippen molar-refractivity contribution in [2.24, 2.45) is 20.0 Å². The summed E-state index contributed by atoms with van der Waals surface area (Å²) in [5.74, 6) is 3.35. The van der Waals surface area contributed by atoms with Gasteiger partial charge < -0.3 is 105 Å². The quantitative estimate of drug-likeness (QED) is 0.0511. The minimum Gasteiger partial charge on any atom is -1.00 e. The second-order valence-corrected chi connectivity index (χ2v) is 33.2. The summed E-state index contributed by atoms with van der Waals surface area (Å²) in [4.78, 5) is 29.1. The molecule has 0 amide bonds. The zero-order valence-corrected chi connectivity index (χ0v) is 90.6. The van der Waals surface area contributed by atoms with Crippen LogP contribution in [0.4, 0.5) is 22.7 Å². The second kappa shape index (κ2) is 74.1. The number of aromatic nitrogens is 2. The summed E-state index contributed by atoms with van der Waals surface area (Å²) in [6, 6.07) is 34.0. The van der Waals surface area contributed by atoms with Crippen molar-refractivity contribution in [3.05, 3.63) is 164 Å². The number of benzene rings is 4. The van der Waals surface area contributed by atoms with Crippen molar-refractivity contribution in [3.8, 4) is 0 Å². The molecule has 10 aliphatic heterocycles. The van der Waals surface area contributed by atoms with Crippen LogP contribution in [0.25, 0.3) is 0 Å². The molecular formula is C100H156Ba2I2N6O10. The third-order valence-corrected chi connectivity index (χ3v) is 20.3. The second-order valence-electron chi connectivity index (χ2n) is 33.2. The summed E-state index contributed by atoms with van der Waals surface area (Å²) in [6.45, 7) is 55.5. The Morgan fingerprint density at radius 3 is 0.392 bits per heavy atom. The Bertz CT molecular complexity index is 2870. The smallest absolute Gasteiger partial charge is 1.00 e. The van der Waals surface area contributed by atoms with E-state index in [1.54, 1.807) is 0 Å². The maximum Gasteiger partial charge on any atom is 2.00 e. The van der Waals surface area contributed by atoms with Gasteiger partial charge in [-0.25, -0.2) is 0 Å². The molecule has 20 heteroatoms. The molecule has 120 heavy (non-hydrogen) atoms. The average Bonchev–Trinajstić information content (AvgIpc) is 1.28. The Balaban J connectivity index is 0.000000744. The number of ether oxygens (including phenoxy) is 10. The van der Waals surface area contributed by atoms with Crippen LogP contribution in [0.2, 0.25) is 0 Å². The fourth-order valence-corrected chi connectivity index (χ4v) is 13.3. The molecule has 0 N–H and O–H groups in total. The van der Waals surface area contributed by atoms with Gasteiger partial charge in [0.25, 0.3) is 0 Å². The molecule has 6 aromatic rings. The van der Waals surface area contributed by atoms with Gasteiger partial charge >= 0.3 is 97.8 Å². The zero-order valence-electron chi connectivity index (χ0n) is 77.4. The van der Waals surface area contributed by atoms with E-state index in [0.717, 1.165) is 178 Å². The largest absolute Gasteiger partial charge is 2.00 e. The summed E-state index contributed by atoms with van der Waals surface area (Å²) < 4.78 is 49.4. The molecule has 2 aromatic heterocycles. The summed E-state index contributed by atoms with van der Waals surface area (Å²) in [7, 11) is 0. The van der Waals surface area contributed by atoms with Crippen molar-refractivity contribution >= 4 is 145 Å². The molecule has 0 atom stereocenters. The fraction of sp³-hybridized carbons (Fsp3) is 0.640. The van der Waals surface area contributed by atoms with E-state index in [1.807, 2.05) is 49.1 Å². The van der Waals surface area contributed by atoms with E-state index in [1.165, 1.54) is 173 Å². The molecule has 16 nitrogen and oxygen atoms in total. The Hall–Kier alpha value is -1.68. The van der Waals surface area contributed by atoms with E-state index in [-0.39, 0.29) is 146 Å². The van der Waals surface area contributed by atoms with Gasteiger partial charge in [0.05, 0.1) is 22.7 Å². The number of para-hydroxylation sites is 4. The van der Waals surface area contributed by atoms with Crippen molar-refractivity contribution in [1.29, 1.82) is 0 Å². The van der Waals surface area contributed by atoms with Crippen molar-refractivity contribution in [1.82, 2.24) is 9.97 Å². The van der Waals surface area contributed by atoms with Crippen molar-refractivity contribution in [3.63, 3.8) is 0 Å². The third-order valence-electron chi connectivity index (χ3n) is 20.3. The topological polar surface area (TPSA) is 170 Å². The Labute approximate surface area is 843 Å². The molecule has 0 radical (unpaired) electrons. The van der Waals surface area contributed by atoms with Gasteiger partial charge in [0, 0.05) is 157 Å². The van der Waals surface area contributed by atoms with E-state index in [0.29, 0.717) is 47.3 Å². The van der Waals surface area contributed by atoms with Crippen LogP contribution in [0.5, 0.6) is 0 Å². The van der Waals surface area contributed by atoms with Crippen LogP contribution >= 0.6 is 0 Å². The minimum atomic E-state index is 0. The van der Waals surface area contributed by atoms with Gasteiger partial charge in [-0.2, -0.15) is 0 Å². The van der Waals surface area contributed by atoms with E-state index in [4.69, 9.17) is 77.3 Å². The molecule has 10 fully saturated rings. The first-order valence-electron chi connectivity index (χ1n) is 45.1. The van der Waals surface area contributed by atoms with E-state index >= 15 is 0 Å². The summed E-state index contributed by atoms with van der Waals surface area (Å²) in [5, 5.41) is 0. The maximum atomic E-state index is 4.94. The molecule has 10 aliphatic rings. The number of halogens is 2. The number of aliphatic imine (C=N–C) groups is 4. The molecule has 0 spiro atoms.